The zero-order chi connectivity index (χ0) is 9.26. The van der Waals surface area contributed by atoms with Crippen LogP contribution >= 0.6 is 0 Å². The summed E-state index contributed by atoms with van der Waals surface area (Å²) in [6.45, 7) is 1.97. The lowest BCUT2D eigenvalue weighted by atomic mass is 10.2. The third-order valence-electron chi connectivity index (χ3n) is 1.65. The number of pyridine rings is 1. The smallest absolute Gasteiger partial charge is 0.239 e. The standard InChI is InChI=1S/C8H9N5/c1-5-2-6(4-10-3-5)7-11-8(9)13-12-7/h2-4H,1H3,(H3,9,11,12,13). The van der Waals surface area contributed by atoms with Crippen LogP contribution in [-0.4, -0.2) is 20.2 Å². The maximum Gasteiger partial charge on any atom is 0.239 e. The second-order valence-corrected chi connectivity index (χ2v) is 2.79. The first-order valence-corrected chi connectivity index (χ1v) is 3.85. The number of nitrogens with zero attached hydrogens (tertiary/aromatic N) is 3. The van der Waals surface area contributed by atoms with Gasteiger partial charge in [0.05, 0.1) is 0 Å². The summed E-state index contributed by atoms with van der Waals surface area (Å²) >= 11 is 0. The summed E-state index contributed by atoms with van der Waals surface area (Å²) in [5.74, 6) is 0.894. The number of aromatic nitrogens is 4. The number of hydrogen-bond donors (Lipinski definition) is 2. The van der Waals surface area contributed by atoms with Crippen molar-refractivity contribution >= 4 is 5.95 Å². The maximum atomic E-state index is 5.38. The van der Waals surface area contributed by atoms with E-state index in [9.17, 15) is 0 Å². The largest absolute Gasteiger partial charge is 0.366 e. The topological polar surface area (TPSA) is 80.5 Å². The van der Waals surface area contributed by atoms with Crippen LogP contribution in [0.25, 0.3) is 11.4 Å². The zero-order valence-corrected chi connectivity index (χ0v) is 7.15. The van der Waals surface area contributed by atoms with Crippen molar-refractivity contribution in [1.29, 1.82) is 0 Å². The first-order chi connectivity index (χ1) is 6.25. The molecule has 5 heteroatoms. The fourth-order valence-corrected chi connectivity index (χ4v) is 1.09. The van der Waals surface area contributed by atoms with Crippen molar-refractivity contribution in [2.24, 2.45) is 0 Å². The molecule has 0 unspecified atom stereocenters. The Bertz CT molecular complexity index is 420. The Morgan fingerprint density at radius 3 is 2.85 bits per heavy atom. The van der Waals surface area contributed by atoms with E-state index in [1.54, 1.807) is 12.4 Å². The van der Waals surface area contributed by atoms with Gasteiger partial charge >= 0.3 is 0 Å². The number of anilines is 1. The van der Waals surface area contributed by atoms with Gasteiger partial charge < -0.3 is 5.73 Å². The molecule has 2 rings (SSSR count). The molecule has 66 valence electrons. The Hall–Kier alpha value is -1.91. The molecule has 0 atom stereocenters. The molecule has 5 nitrogen and oxygen atoms in total. The molecule has 0 amide bonds. The van der Waals surface area contributed by atoms with E-state index in [1.807, 2.05) is 13.0 Å². The Morgan fingerprint density at radius 1 is 1.38 bits per heavy atom. The lowest BCUT2D eigenvalue weighted by Gasteiger charge is -1.95. The molecule has 0 spiro atoms. The molecule has 0 saturated heterocycles. The van der Waals surface area contributed by atoms with Gasteiger partial charge in [-0.2, -0.15) is 4.98 Å². The average Bonchev–Trinajstić information content (AvgIpc) is 2.52. The fraction of sp³-hybridized carbons (Fsp3) is 0.125. The molecule has 0 aliphatic carbocycles. The highest BCUT2D eigenvalue weighted by atomic mass is 15.3. The predicted molar refractivity (Wildman–Crippen MR) is 48.8 cm³/mol. The Labute approximate surface area is 75.0 Å². The molecule has 0 radical (unpaired) electrons. The lowest BCUT2D eigenvalue weighted by Crippen LogP contribution is -1.86. The van der Waals surface area contributed by atoms with Crippen LogP contribution in [0, 0.1) is 6.92 Å². The van der Waals surface area contributed by atoms with E-state index in [1.165, 1.54) is 0 Å². The molecule has 0 aliphatic heterocycles. The van der Waals surface area contributed by atoms with Crippen LogP contribution in [0.4, 0.5) is 5.95 Å². The summed E-state index contributed by atoms with van der Waals surface area (Å²) in [7, 11) is 0. The molecule has 2 aromatic rings. The summed E-state index contributed by atoms with van der Waals surface area (Å²) in [6.07, 6.45) is 3.50. The highest BCUT2D eigenvalue weighted by Crippen LogP contribution is 2.14. The number of rotatable bonds is 1. The Balaban J connectivity index is 2.46. The first-order valence-electron chi connectivity index (χ1n) is 3.85. The highest BCUT2D eigenvalue weighted by molar-refractivity contribution is 5.54. The van der Waals surface area contributed by atoms with Crippen molar-refractivity contribution < 1.29 is 0 Å². The molecular formula is C8H9N5. The SMILES string of the molecule is Cc1cncc(-c2nc(N)n[nH]2)c1. The number of aryl methyl sites for hydroxylation is 1. The van der Waals surface area contributed by atoms with Gasteiger partial charge in [-0.05, 0) is 18.6 Å². The van der Waals surface area contributed by atoms with Gasteiger partial charge in [0.2, 0.25) is 5.95 Å². The third kappa shape index (κ3) is 1.48. The van der Waals surface area contributed by atoms with Crippen molar-refractivity contribution in [1.82, 2.24) is 20.2 Å². The van der Waals surface area contributed by atoms with Crippen LogP contribution in [-0.2, 0) is 0 Å². The molecule has 0 aliphatic rings. The van der Waals surface area contributed by atoms with Crippen molar-refractivity contribution in [3.05, 3.63) is 24.0 Å². The van der Waals surface area contributed by atoms with E-state index < -0.39 is 0 Å². The van der Waals surface area contributed by atoms with E-state index in [0.29, 0.717) is 5.82 Å². The van der Waals surface area contributed by atoms with Crippen molar-refractivity contribution in [3.8, 4) is 11.4 Å². The normalized spacial score (nSPS) is 10.2. The van der Waals surface area contributed by atoms with Gasteiger partial charge in [0, 0.05) is 18.0 Å². The lowest BCUT2D eigenvalue weighted by molar-refractivity contribution is 1.10. The Kier molecular flexibility index (Phi) is 1.70. The number of hydrogen-bond acceptors (Lipinski definition) is 4. The zero-order valence-electron chi connectivity index (χ0n) is 7.15. The third-order valence-corrected chi connectivity index (χ3v) is 1.65. The van der Waals surface area contributed by atoms with Gasteiger partial charge in [-0.3, -0.25) is 10.1 Å². The summed E-state index contributed by atoms with van der Waals surface area (Å²) in [5, 5.41) is 6.46. The second kappa shape index (κ2) is 2.85. The van der Waals surface area contributed by atoms with Crippen LogP contribution in [0.2, 0.25) is 0 Å². The van der Waals surface area contributed by atoms with Crippen LogP contribution < -0.4 is 5.73 Å². The van der Waals surface area contributed by atoms with E-state index >= 15 is 0 Å². The molecule has 0 saturated carbocycles. The first kappa shape index (κ1) is 7.72. The molecule has 0 fully saturated rings. The molecule has 2 aromatic heterocycles. The van der Waals surface area contributed by atoms with Crippen LogP contribution in [0.3, 0.4) is 0 Å². The molecule has 0 bridgehead atoms. The maximum absolute atomic E-state index is 5.38. The van der Waals surface area contributed by atoms with Gasteiger partial charge in [-0.15, -0.1) is 5.10 Å². The van der Waals surface area contributed by atoms with Crippen molar-refractivity contribution in [3.63, 3.8) is 0 Å². The molecule has 3 N–H and O–H groups in total. The molecule has 2 heterocycles. The fourth-order valence-electron chi connectivity index (χ4n) is 1.09. The number of nitrogens with two attached hydrogens (primary N) is 1. The summed E-state index contributed by atoms with van der Waals surface area (Å²) in [4.78, 5) is 8.03. The van der Waals surface area contributed by atoms with E-state index in [2.05, 4.69) is 20.2 Å². The number of H-pyrrole nitrogens is 1. The van der Waals surface area contributed by atoms with E-state index in [-0.39, 0.29) is 5.95 Å². The van der Waals surface area contributed by atoms with Crippen LogP contribution in [0.1, 0.15) is 5.56 Å². The quantitative estimate of drug-likeness (QED) is 0.670. The van der Waals surface area contributed by atoms with E-state index in [0.717, 1.165) is 11.1 Å². The second-order valence-electron chi connectivity index (χ2n) is 2.79. The van der Waals surface area contributed by atoms with Gasteiger partial charge in [-0.25, -0.2) is 0 Å². The predicted octanol–water partition coefficient (Wildman–Crippen LogP) is 0.757. The molecular weight excluding hydrogens is 166 g/mol. The Morgan fingerprint density at radius 2 is 2.23 bits per heavy atom. The summed E-state index contributed by atoms with van der Waals surface area (Å²) < 4.78 is 0. The van der Waals surface area contributed by atoms with Crippen LogP contribution in [0.5, 0.6) is 0 Å². The van der Waals surface area contributed by atoms with Crippen molar-refractivity contribution in [2.75, 3.05) is 5.73 Å². The minimum Gasteiger partial charge on any atom is -0.366 e. The minimum atomic E-state index is 0.247. The summed E-state index contributed by atoms with van der Waals surface area (Å²) in [6, 6.07) is 1.97. The van der Waals surface area contributed by atoms with Gasteiger partial charge in [0.15, 0.2) is 5.82 Å². The average molecular weight is 175 g/mol. The number of nitrogen functional groups attached to an aromatic ring is 1. The monoisotopic (exact) mass is 175 g/mol. The molecule has 0 aromatic carbocycles. The highest BCUT2D eigenvalue weighted by Gasteiger charge is 2.02. The molecule has 13 heavy (non-hydrogen) atoms. The van der Waals surface area contributed by atoms with Gasteiger partial charge in [-0.1, -0.05) is 0 Å². The number of nitrogens with one attached hydrogen (secondary N) is 1. The van der Waals surface area contributed by atoms with E-state index in [4.69, 9.17) is 5.73 Å². The van der Waals surface area contributed by atoms with Crippen LogP contribution in [0.15, 0.2) is 18.5 Å². The van der Waals surface area contributed by atoms with Crippen molar-refractivity contribution in [2.45, 2.75) is 6.92 Å². The number of aromatic amines is 1. The van der Waals surface area contributed by atoms with Gasteiger partial charge in [0.1, 0.15) is 0 Å². The van der Waals surface area contributed by atoms with Gasteiger partial charge in [0.25, 0.3) is 0 Å². The minimum absolute atomic E-state index is 0.247. The summed E-state index contributed by atoms with van der Waals surface area (Å²) in [5.41, 5.74) is 7.35.